The molecule has 6 nitrogen and oxygen atoms in total. The predicted molar refractivity (Wildman–Crippen MR) is 100 cm³/mol. The average molecular weight is 375 g/mol. The van der Waals surface area contributed by atoms with Crippen LogP contribution in [-0.4, -0.2) is 51.3 Å². The highest BCUT2D eigenvalue weighted by atomic mass is 35.5. The third-order valence-corrected chi connectivity index (χ3v) is 5.81. The van der Waals surface area contributed by atoms with Crippen LogP contribution in [0.4, 0.5) is 0 Å². The van der Waals surface area contributed by atoms with Gasteiger partial charge in [-0.3, -0.25) is 18.9 Å². The summed E-state index contributed by atoms with van der Waals surface area (Å²) in [5.41, 5.74) is 0.976. The van der Waals surface area contributed by atoms with E-state index in [2.05, 4.69) is 16.8 Å². The molecule has 2 fully saturated rings. The largest absolute Gasteiger partial charge is 0.342 e. The second kappa shape index (κ2) is 6.67. The molecule has 0 aliphatic carbocycles. The summed E-state index contributed by atoms with van der Waals surface area (Å²) < 4.78 is 1.46. The van der Waals surface area contributed by atoms with E-state index in [4.69, 9.17) is 11.6 Å². The molecule has 2 aliphatic rings. The lowest BCUT2D eigenvalue weighted by molar-refractivity contribution is -0.135. The fourth-order valence-corrected chi connectivity index (χ4v) is 4.44. The summed E-state index contributed by atoms with van der Waals surface area (Å²) in [5.74, 6) is 0.308. The van der Waals surface area contributed by atoms with Crippen LogP contribution >= 0.6 is 11.6 Å². The van der Waals surface area contributed by atoms with E-state index in [1.807, 2.05) is 4.90 Å². The molecule has 0 radical (unpaired) electrons. The molecule has 2 aromatic rings. The SMILES string of the molecule is CCCN1CCC2(CCN(Cc3cc(=O)n4cc(Cl)ccc4n3)C2)C1=O. The molecule has 0 saturated carbocycles. The highest BCUT2D eigenvalue weighted by Crippen LogP contribution is 2.41. The zero-order chi connectivity index (χ0) is 18.3. The zero-order valence-corrected chi connectivity index (χ0v) is 15.7. The van der Waals surface area contributed by atoms with Crippen molar-refractivity contribution in [2.75, 3.05) is 26.2 Å². The maximum atomic E-state index is 12.8. The number of amides is 1. The Hall–Kier alpha value is -1.92. The van der Waals surface area contributed by atoms with Gasteiger partial charge >= 0.3 is 0 Å². The summed E-state index contributed by atoms with van der Waals surface area (Å²) in [6.45, 7) is 6.05. The van der Waals surface area contributed by atoms with Gasteiger partial charge in [0.05, 0.1) is 16.1 Å². The number of aromatic nitrogens is 2. The van der Waals surface area contributed by atoms with Gasteiger partial charge < -0.3 is 4.90 Å². The van der Waals surface area contributed by atoms with Crippen LogP contribution in [-0.2, 0) is 11.3 Å². The van der Waals surface area contributed by atoms with Crippen molar-refractivity contribution in [3.8, 4) is 0 Å². The van der Waals surface area contributed by atoms with E-state index in [0.717, 1.165) is 51.1 Å². The third-order valence-electron chi connectivity index (χ3n) is 5.59. The van der Waals surface area contributed by atoms with Gasteiger partial charge in [-0.25, -0.2) is 4.98 Å². The molecule has 0 aromatic carbocycles. The molecular weight excluding hydrogens is 352 g/mol. The highest BCUT2D eigenvalue weighted by molar-refractivity contribution is 6.30. The van der Waals surface area contributed by atoms with Gasteiger partial charge in [-0.15, -0.1) is 0 Å². The van der Waals surface area contributed by atoms with Gasteiger partial charge in [0.15, 0.2) is 0 Å². The van der Waals surface area contributed by atoms with E-state index >= 15 is 0 Å². The second-order valence-corrected chi connectivity index (χ2v) is 7.88. The molecular formula is C19H23ClN4O2. The Morgan fingerprint density at radius 2 is 2.04 bits per heavy atom. The first-order chi connectivity index (χ1) is 12.5. The van der Waals surface area contributed by atoms with E-state index in [1.54, 1.807) is 24.4 Å². The first-order valence-corrected chi connectivity index (χ1v) is 9.58. The van der Waals surface area contributed by atoms with Crippen molar-refractivity contribution in [2.24, 2.45) is 5.41 Å². The van der Waals surface area contributed by atoms with Crippen molar-refractivity contribution < 1.29 is 4.79 Å². The van der Waals surface area contributed by atoms with Crippen LogP contribution in [0, 0.1) is 5.41 Å². The Balaban J connectivity index is 1.51. The number of likely N-dealkylation sites (tertiary alicyclic amines) is 2. The predicted octanol–water partition coefficient (Wildman–Crippen LogP) is 2.18. The Morgan fingerprint density at radius 1 is 1.23 bits per heavy atom. The molecule has 7 heteroatoms. The summed E-state index contributed by atoms with van der Waals surface area (Å²) in [4.78, 5) is 34.0. The van der Waals surface area contributed by atoms with E-state index in [1.165, 1.54) is 4.40 Å². The lowest BCUT2D eigenvalue weighted by Gasteiger charge is -2.23. The normalized spacial score (nSPS) is 23.6. The molecule has 4 heterocycles. The molecule has 26 heavy (non-hydrogen) atoms. The Morgan fingerprint density at radius 3 is 2.85 bits per heavy atom. The van der Waals surface area contributed by atoms with Gasteiger partial charge in [-0.1, -0.05) is 18.5 Å². The molecule has 1 amide bonds. The van der Waals surface area contributed by atoms with Crippen LogP contribution in [0.25, 0.3) is 5.65 Å². The van der Waals surface area contributed by atoms with E-state index < -0.39 is 0 Å². The molecule has 1 atom stereocenters. The molecule has 2 aliphatic heterocycles. The zero-order valence-electron chi connectivity index (χ0n) is 14.9. The van der Waals surface area contributed by atoms with Crippen LogP contribution in [0.2, 0.25) is 5.02 Å². The number of pyridine rings is 1. The summed E-state index contributed by atoms with van der Waals surface area (Å²) in [6, 6.07) is 5.05. The number of carbonyl (C=O) groups excluding carboxylic acids is 1. The molecule has 0 bridgehead atoms. The number of carbonyl (C=O) groups is 1. The van der Waals surface area contributed by atoms with Crippen molar-refractivity contribution >= 4 is 23.2 Å². The van der Waals surface area contributed by atoms with Crippen molar-refractivity contribution in [1.82, 2.24) is 19.2 Å². The van der Waals surface area contributed by atoms with Gasteiger partial charge in [0.1, 0.15) is 5.65 Å². The third kappa shape index (κ3) is 3.01. The maximum Gasteiger partial charge on any atom is 0.258 e. The number of halogens is 1. The second-order valence-electron chi connectivity index (χ2n) is 7.44. The van der Waals surface area contributed by atoms with Crippen molar-refractivity contribution in [3.05, 3.63) is 45.5 Å². The Kier molecular flexibility index (Phi) is 4.49. The summed E-state index contributed by atoms with van der Waals surface area (Å²) in [5, 5.41) is 0.506. The maximum absolute atomic E-state index is 12.8. The van der Waals surface area contributed by atoms with E-state index in [-0.39, 0.29) is 11.0 Å². The smallest absolute Gasteiger partial charge is 0.258 e. The molecule has 1 spiro atoms. The minimum atomic E-state index is -0.228. The lowest BCUT2D eigenvalue weighted by atomic mass is 9.85. The number of hydrogen-bond donors (Lipinski definition) is 0. The number of nitrogens with zero attached hydrogens (tertiary/aromatic N) is 4. The minimum Gasteiger partial charge on any atom is -0.342 e. The van der Waals surface area contributed by atoms with E-state index in [9.17, 15) is 9.59 Å². The van der Waals surface area contributed by atoms with Crippen LogP contribution < -0.4 is 5.56 Å². The summed E-state index contributed by atoms with van der Waals surface area (Å²) in [7, 11) is 0. The average Bonchev–Trinajstić information content (AvgIpc) is 3.15. The van der Waals surface area contributed by atoms with Crippen molar-refractivity contribution in [2.45, 2.75) is 32.7 Å². The Labute approximate surface area is 157 Å². The summed E-state index contributed by atoms with van der Waals surface area (Å²) >= 11 is 5.95. The Bertz CT molecular complexity index is 912. The molecule has 0 N–H and O–H groups in total. The topological polar surface area (TPSA) is 57.9 Å². The molecule has 2 saturated heterocycles. The quantitative estimate of drug-likeness (QED) is 0.823. The minimum absolute atomic E-state index is 0.132. The van der Waals surface area contributed by atoms with Gasteiger partial charge in [0.2, 0.25) is 5.91 Å². The van der Waals surface area contributed by atoms with Crippen molar-refractivity contribution in [1.29, 1.82) is 0 Å². The highest BCUT2D eigenvalue weighted by Gasteiger charge is 2.50. The first-order valence-electron chi connectivity index (χ1n) is 9.20. The van der Waals surface area contributed by atoms with Crippen LogP contribution in [0.1, 0.15) is 31.9 Å². The van der Waals surface area contributed by atoms with Gasteiger partial charge in [0, 0.05) is 38.4 Å². The van der Waals surface area contributed by atoms with Gasteiger partial charge in [-0.2, -0.15) is 0 Å². The standard InChI is InChI=1S/C19H23ClN4O2/c1-2-7-23-9-6-19(18(23)26)5-8-22(13-19)12-15-10-17(25)24-11-14(20)3-4-16(24)21-15/h3-4,10-11H,2,5-9,12-13H2,1H3. The van der Waals surface area contributed by atoms with Crippen LogP contribution in [0.3, 0.4) is 0 Å². The van der Waals surface area contributed by atoms with Crippen molar-refractivity contribution in [3.63, 3.8) is 0 Å². The number of hydrogen-bond acceptors (Lipinski definition) is 4. The molecule has 2 aromatic heterocycles. The molecule has 4 rings (SSSR count). The fourth-order valence-electron chi connectivity index (χ4n) is 4.28. The number of fused-ring (bicyclic) bond motifs is 1. The van der Waals surface area contributed by atoms with Crippen LogP contribution in [0.5, 0.6) is 0 Å². The summed E-state index contributed by atoms with van der Waals surface area (Å²) in [6.07, 6.45) is 4.42. The van der Waals surface area contributed by atoms with Crippen LogP contribution in [0.15, 0.2) is 29.2 Å². The lowest BCUT2D eigenvalue weighted by Crippen LogP contribution is -2.37. The number of rotatable bonds is 4. The fraction of sp³-hybridized carbons (Fsp3) is 0.526. The first kappa shape index (κ1) is 17.5. The van der Waals surface area contributed by atoms with Gasteiger partial charge in [0.25, 0.3) is 5.56 Å². The molecule has 1 unspecified atom stereocenters. The monoisotopic (exact) mass is 374 g/mol. The molecule has 138 valence electrons. The van der Waals surface area contributed by atoms with E-state index in [0.29, 0.717) is 23.1 Å². The van der Waals surface area contributed by atoms with Gasteiger partial charge in [-0.05, 0) is 37.9 Å².